The molecule has 2 amide bonds. The first kappa shape index (κ1) is 19.0. The summed E-state index contributed by atoms with van der Waals surface area (Å²) in [4.78, 5) is 27.0. The van der Waals surface area contributed by atoms with Crippen LogP contribution in [0.3, 0.4) is 0 Å². The van der Waals surface area contributed by atoms with Crippen LogP contribution in [0.25, 0.3) is 0 Å². The van der Waals surface area contributed by atoms with Gasteiger partial charge in [0.2, 0.25) is 11.8 Å². The van der Waals surface area contributed by atoms with Crippen LogP contribution in [-0.2, 0) is 16.0 Å². The number of hydrogen-bond donors (Lipinski definition) is 1. The summed E-state index contributed by atoms with van der Waals surface area (Å²) in [5.74, 6) is -0.365. The molecule has 0 aromatic heterocycles. The lowest BCUT2D eigenvalue weighted by atomic mass is 9.84. The molecule has 7 heteroatoms. The van der Waals surface area contributed by atoms with E-state index in [0.29, 0.717) is 39.3 Å². The number of likely N-dealkylation sites (tertiary alicyclic amines) is 1. The SMILES string of the molecule is CC1(C(=O)Nc2ccc(Cl)cc2)CCN1C(=O)Cc1ccc(Cl)cc1Cl. The summed E-state index contributed by atoms with van der Waals surface area (Å²) in [5, 5.41) is 4.40. The van der Waals surface area contributed by atoms with E-state index in [2.05, 4.69) is 5.32 Å². The number of anilines is 1. The number of halogens is 3. The van der Waals surface area contributed by atoms with Crippen LogP contribution in [0.4, 0.5) is 5.69 Å². The van der Waals surface area contributed by atoms with E-state index in [4.69, 9.17) is 34.8 Å². The maximum atomic E-state index is 12.7. The van der Waals surface area contributed by atoms with Gasteiger partial charge in [0.1, 0.15) is 5.54 Å². The maximum Gasteiger partial charge on any atom is 0.250 e. The Bertz CT molecular complexity index is 854. The first-order valence-corrected chi connectivity index (χ1v) is 9.24. The van der Waals surface area contributed by atoms with Crippen molar-refractivity contribution in [1.29, 1.82) is 0 Å². The van der Waals surface area contributed by atoms with Crippen LogP contribution < -0.4 is 5.32 Å². The summed E-state index contributed by atoms with van der Waals surface area (Å²) in [6.07, 6.45) is 0.729. The van der Waals surface area contributed by atoms with Gasteiger partial charge in [-0.15, -0.1) is 0 Å². The van der Waals surface area contributed by atoms with E-state index in [1.165, 1.54) is 0 Å². The van der Waals surface area contributed by atoms with Crippen LogP contribution in [0, 0.1) is 0 Å². The van der Waals surface area contributed by atoms with Crippen molar-refractivity contribution in [3.8, 4) is 0 Å². The van der Waals surface area contributed by atoms with Crippen LogP contribution in [0.5, 0.6) is 0 Å². The Labute approximate surface area is 167 Å². The molecule has 1 N–H and O–H groups in total. The minimum absolute atomic E-state index is 0.125. The van der Waals surface area contributed by atoms with Crippen molar-refractivity contribution in [1.82, 2.24) is 4.90 Å². The van der Waals surface area contributed by atoms with Gasteiger partial charge in [0.15, 0.2) is 0 Å². The van der Waals surface area contributed by atoms with Crippen molar-refractivity contribution in [3.63, 3.8) is 0 Å². The second kappa shape index (κ2) is 7.47. The van der Waals surface area contributed by atoms with Crippen LogP contribution >= 0.6 is 34.8 Å². The highest BCUT2D eigenvalue weighted by molar-refractivity contribution is 6.35. The zero-order valence-electron chi connectivity index (χ0n) is 14.1. The van der Waals surface area contributed by atoms with E-state index in [-0.39, 0.29) is 18.2 Å². The number of amides is 2. The fourth-order valence-electron chi connectivity index (χ4n) is 2.92. The molecule has 1 unspecified atom stereocenters. The molecule has 1 atom stereocenters. The van der Waals surface area contributed by atoms with Crippen LogP contribution in [0.1, 0.15) is 18.9 Å². The zero-order valence-corrected chi connectivity index (χ0v) is 16.3. The van der Waals surface area contributed by atoms with Gasteiger partial charge in [-0.1, -0.05) is 40.9 Å². The Morgan fingerprint density at radius 2 is 1.73 bits per heavy atom. The third-order valence-corrected chi connectivity index (χ3v) is 5.51. The highest BCUT2D eigenvalue weighted by atomic mass is 35.5. The third kappa shape index (κ3) is 3.83. The number of rotatable bonds is 4. The van der Waals surface area contributed by atoms with Gasteiger partial charge in [0.25, 0.3) is 0 Å². The normalized spacial score (nSPS) is 19.0. The van der Waals surface area contributed by atoms with Crippen LogP contribution in [-0.4, -0.2) is 28.8 Å². The monoisotopic (exact) mass is 410 g/mol. The highest BCUT2D eigenvalue weighted by Crippen LogP contribution is 2.33. The van der Waals surface area contributed by atoms with Crippen LogP contribution in [0.15, 0.2) is 42.5 Å². The topological polar surface area (TPSA) is 49.4 Å². The standard InChI is InChI=1S/C19H17Cl3N2O2/c1-19(18(26)23-15-6-4-13(20)5-7-15)8-9-24(19)17(25)10-12-2-3-14(21)11-16(12)22/h2-7,11H,8-10H2,1H3,(H,23,26). The van der Waals surface area contributed by atoms with E-state index in [0.717, 1.165) is 0 Å². The highest BCUT2D eigenvalue weighted by Gasteiger charge is 2.49. The molecule has 26 heavy (non-hydrogen) atoms. The molecule has 0 bridgehead atoms. The van der Waals surface area contributed by atoms with E-state index in [1.807, 2.05) is 0 Å². The van der Waals surface area contributed by atoms with Gasteiger partial charge in [-0.05, 0) is 55.3 Å². The van der Waals surface area contributed by atoms with E-state index in [1.54, 1.807) is 54.3 Å². The van der Waals surface area contributed by atoms with Crippen molar-refractivity contribution in [2.75, 3.05) is 11.9 Å². The number of carbonyl (C=O) groups is 2. The average Bonchev–Trinajstić information content (AvgIpc) is 2.57. The molecule has 4 nitrogen and oxygen atoms in total. The predicted molar refractivity (Wildman–Crippen MR) is 105 cm³/mol. The van der Waals surface area contributed by atoms with Gasteiger partial charge in [-0.2, -0.15) is 0 Å². The van der Waals surface area contributed by atoms with Crippen molar-refractivity contribution in [2.24, 2.45) is 0 Å². The number of nitrogens with zero attached hydrogens (tertiary/aromatic N) is 1. The lowest BCUT2D eigenvalue weighted by Gasteiger charge is -2.49. The molecule has 1 heterocycles. The lowest BCUT2D eigenvalue weighted by Crippen LogP contribution is -2.66. The fraction of sp³-hybridized carbons (Fsp3) is 0.263. The van der Waals surface area contributed by atoms with Gasteiger partial charge in [0.05, 0.1) is 6.42 Å². The first-order chi connectivity index (χ1) is 12.3. The molecule has 1 aliphatic rings. The fourth-order valence-corrected chi connectivity index (χ4v) is 3.52. The van der Waals surface area contributed by atoms with Crippen molar-refractivity contribution >= 4 is 52.3 Å². The van der Waals surface area contributed by atoms with Crippen molar-refractivity contribution in [3.05, 3.63) is 63.1 Å². The molecule has 1 saturated heterocycles. The van der Waals surface area contributed by atoms with Gasteiger partial charge >= 0.3 is 0 Å². The molecule has 2 aromatic rings. The van der Waals surface area contributed by atoms with Crippen molar-refractivity contribution in [2.45, 2.75) is 25.3 Å². The third-order valence-electron chi connectivity index (χ3n) is 4.67. The summed E-state index contributed by atoms with van der Waals surface area (Å²) in [5.41, 5.74) is 0.449. The van der Waals surface area contributed by atoms with Crippen LogP contribution in [0.2, 0.25) is 15.1 Å². The number of benzene rings is 2. The quantitative estimate of drug-likeness (QED) is 0.784. The maximum absolute atomic E-state index is 12.7. The molecule has 1 fully saturated rings. The lowest BCUT2D eigenvalue weighted by molar-refractivity contribution is -0.154. The summed E-state index contributed by atoms with van der Waals surface area (Å²) in [6.45, 7) is 2.30. The Kier molecular flexibility index (Phi) is 5.47. The van der Waals surface area contributed by atoms with Gasteiger partial charge < -0.3 is 10.2 Å². The smallest absolute Gasteiger partial charge is 0.250 e. The first-order valence-electron chi connectivity index (χ1n) is 8.11. The molecule has 1 aliphatic heterocycles. The summed E-state index contributed by atoms with van der Waals surface area (Å²) in [6, 6.07) is 11.9. The van der Waals surface area contributed by atoms with E-state index >= 15 is 0 Å². The second-order valence-electron chi connectivity index (χ2n) is 6.44. The summed E-state index contributed by atoms with van der Waals surface area (Å²) in [7, 11) is 0. The molecule has 0 aliphatic carbocycles. The molecule has 2 aromatic carbocycles. The molecule has 0 radical (unpaired) electrons. The molecule has 3 rings (SSSR count). The minimum Gasteiger partial charge on any atom is -0.328 e. The van der Waals surface area contributed by atoms with Gasteiger partial charge in [-0.3, -0.25) is 9.59 Å². The number of hydrogen-bond acceptors (Lipinski definition) is 2. The molecule has 136 valence electrons. The second-order valence-corrected chi connectivity index (χ2v) is 7.72. The molecular formula is C19H17Cl3N2O2. The van der Waals surface area contributed by atoms with Gasteiger partial charge in [-0.25, -0.2) is 0 Å². The Morgan fingerprint density at radius 3 is 2.31 bits per heavy atom. The molecule has 0 spiro atoms. The molecule has 0 saturated carbocycles. The summed E-state index contributed by atoms with van der Waals surface area (Å²) < 4.78 is 0. The Hall–Kier alpha value is -1.75. The predicted octanol–water partition coefficient (Wildman–Crippen LogP) is 4.82. The number of carbonyl (C=O) groups excluding carboxylic acids is 2. The van der Waals surface area contributed by atoms with E-state index < -0.39 is 5.54 Å². The number of nitrogens with one attached hydrogen (secondary N) is 1. The largest absolute Gasteiger partial charge is 0.328 e. The van der Waals surface area contributed by atoms with Gasteiger partial charge in [0, 0.05) is 27.3 Å². The zero-order chi connectivity index (χ0) is 18.9. The minimum atomic E-state index is -0.879. The Morgan fingerprint density at radius 1 is 1.08 bits per heavy atom. The summed E-state index contributed by atoms with van der Waals surface area (Å²) >= 11 is 17.9. The average molecular weight is 412 g/mol. The van der Waals surface area contributed by atoms with E-state index in [9.17, 15) is 9.59 Å². The Balaban J connectivity index is 1.69. The molecular weight excluding hydrogens is 395 g/mol. The van der Waals surface area contributed by atoms with Crippen molar-refractivity contribution < 1.29 is 9.59 Å².